The lowest BCUT2D eigenvalue weighted by Gasteiger charge is -2.32. The van der Waals surface area contributed by atoms with Gasteiger partial charge in [-0.2, -0.15) is 0 Å². The maximum atomic E-state index is 13.5. The number of hydrogen-bond donors (Lipinski definition) is 0. The number of azide groups is 1. The molecule has 0 saturated carbocycles. The summed E-state index contributed by atoms with van der Waals surface area (Å²) in [4.78, 5) is 30.8. The molecule has 37 heavy (non-hydrogen) atoms. The minimum absolute atomic E-state index is 0.0372. The van der Waals surface area contributed by atoms with Gasteiger partial charge in [-0.05, 0) is 72.3 Å². The van der Waals surface area contributed by atoms with E-state index in [-0.39, 0.29) is 26.8 Å². The lowest BCUT2D eigenvalue weighted by atomic mass is 9.78. The SMILES string of the molecule is CC(C)(C)OC(=O)N1C[C@H](CCCB2OC(C)(C)C(C)(C)O2)C(N=[N+]=[N-])(C(=O)OCc2ccccc2)C1. The molecule has 2 atom stereocenters. The van der Waals surface area contributed by atoms with E-state index < -0.39 is 40.3 Å². The van der Waals surface area contributed by atoms with Gasteiger partial charge >= 0.3 is 19.2 Å². The number of benzene rings is 1. The number of esters is 1. The zero-order valence-corrected chi connectivity index (χ0v) is 23.0. The summed E-state index contributed by atoms with van der Waals surface area (Å²) in [6.45, 7) is 13.5. The highest BCUT2D eigenvalue weighted by atomic mass is 16.7. The second-order valence-electron chi connectivity index (χ2n) is 11.9. The molecule has 1 aromatic rings. The molecule has 202 valence electrons. The first-order chi connectivity index (χ1) is 17.2. The average Bonchev–Trinajstić information content (AvgIpc) is 3.26. The quantitative estimate of drug-likeness (QED) is 0.148. The average molecular weight is 514 g/mol. The van der Waals surface area contributed by atoms with Gasteiger partial charge in [0.15, 0.2) is 5.54 Å². The molecule has 0 radical (unpaired) electrons. The van der Waals surface area contributed by atoms with Crippen LogP contribution in [-0.2, 0) is 30.2 Å². The van der Waals surface area contributed by atoms with Gasteiger partial charge in [0.1, 0.15) is 12.2 Å². The Kier molecular flexibility index (Phi) is 8.52. The van der Waals surface area contributed by atoms with Crippen molar-refractivity contribution < 1.29 is 28.4 Å². The highest BCUT2D eigenvalue weighted by Crippen LogP contribution is 2.40. The summed E-state index contributed by atoms with van der Waals surface area (Å²) in [6.07, 6.45) is 1.18. The number of rotatable bonds is 8. The monoisotopic (exact) mass is 514 g/mol. The molecule has 1 unspecified atom stereocenters. The highest BCUT2D eigenvalue weighted by molar-refractivity contribution is 6.45. The Morgan fingerprint density at radius 1 is 1.16 bits per heavy atom. The zero-order chi connectivity index (χ0) is 27.5. The summed E-state index contributed by atoms with van der Waals surface area (Å²) >= 11 is 0. The van der Waals surface area contributed by atoms with E-state index in [1.54, 1.807) is 20.8 Å². The van der Waals surface area contributed by atoms with E-state index in [1.807, 2.05) is 58.0 Å². The number of likely N-dealkylation sites (tertiary alicyclic amines) is 1. The summed E-state index contributed by atoms with van der Waals surface area (Å²) < 4.78 is 23.4. The molecule has 0 bridgehead atoms. The van der Waals surface area contributed by atoms with Crippen LogP contribution in [0.1, 0.15) is 66.9 Å². The van der Waals surface area contributed by atoms with Crippen molar-refractivity contribution in [2.45, 2.75) is 96.6 Å². The van der Waals surface area contributed by atoms with Crippen LogP contribution in [0.4, 0.5) is 4.79 Å². The van der Waals surface area contributed by atoms with Gasteiger partial charge < -0.3 is 23.7 Å². The van der Waals surface area contributed by atoms with Crippen LogP contribution in [0.2, 0.25) is 6.32 Å². The number of amides is 1. The van der Waals surface area contributed by atoms with E-state index in [4.69, 9.17) is 18.8 Å². The minimum Gasteiger partial charge on any atom is -0.460 e. The fraction of sp³-hybridized carbons (Fsp3) is 0.692. The zero-order valence-electron chi connectivity index (χ0n) is 23.0. The first kappa shape index (κ1) is 28.8. The Balaban J connectivity index is 1.77. The third-order valence-electron chi connectivity index (χ3n) is 7.28. The second-order valence-corrected chi connectivity index (χ2v) is 11.9. The largest absolute Gasteiger partial charge is 0.460 e. The van der Waals surface area contributed by atoms with Gasteiger partial charge in [0, 0.05) is 23.9 Å². The van der Waals surface area contributed by atoms with Gasteiger partial charge in [-0.15, -0.1) is 0 Å². The molecule has 11 heteroatoms. The lowest BCUT2D eigenvalue weighted by Crippen LogP contribution is -2.46. The van der Waals surface area contributed by atoms with E-state index in [0.717, 1.165) is 5.56 Å². The van der Waals surface area contributed by atoms with Crippen LogP contribution in [0.15, 0.2) is 35.4 Å². The number of nitrogens with zero attached hydrogens (tertiary/aromatic N) is 4. The lowest BCUT2D eigenvalue weighted by molar-refractivity contribution is -0.152. The van der Waals surface area contributed by atoms with Crippen molar-refractivity contribution in [1.29, 1.82) is 0 Å². The van der Waals surface area contributed by atoms with Crippen molar-refractivity contribution >= 4 is 19.2 Å². The van der Waals surface area contributed by atoms with Crippen molar-refractivity contribution in [1.82, 2.24) is 4.90 Å². The van der Waals surface area contributed by atoms with Gasteiger partial charge in [0.05, 0.1) is 11.2 Å². The molecule has 0 spiro atoms. The summed E-state index contributed by atoms with van der Waals surface area (Å²) in [5.41, 5.74) is 7.12. The molecule has 2 heterocycles. The van der Waals surface area contributed by atoms with Crippen LogP contribution in [0, 0.1) is 5.92 Å². The maximum absolute atomic E-state index is 13.5. The van der Waals surface area contributed by atoms with Crippen LogP contribution in [-0.4, -0.2) is 59.5 Å². The molecule has 0 aliphatic carbocycles. The number of hydrogen-bond acceptors (Lipinski definition) is 7. The van der Waals surface area contributed by atoms with E-state index >= 15 is 0 Å². The van der Waals surface area contributed by atoms with Crippen LogP contribution in [0.5, 0.6) is 0 Å². The van der Waals surface area contributed by atoms with Gasteiger partial charge in [-0.3, -0.25) is 4.79 Å². The standard InChI is InChI=1S/C26H39BN4O6/c1-23(2,3)35-22(33)31-16-20(14-11-15-27-36-24(4,5)25(6,7)37-27)26(18-31,29-30-28)21(32)34-17-19-12-9-8-10-13-19/h8-10,12-13,20H,11,14-18H2,1-7H3/t20-,26?/m0/s1. The Morgan fingerprint density at radius 2 is 1.78 bits per heavy atom. The van der Waals surface area contributed by atoms with E-state index in [9.17, 15) is 15.1 Å². The van der Waals surface area contributed by atoms with Crippen molar-refractivity contribution in [2.24, 2.45) is 11.0 Å². The van der Waals surface area contributed by atoms with E-state index in [2.05, 4.69) is 10.0 Å². The van der Waals surface area contributed by atoms with Crippen molar-refractivity contribution in [3.05, 3.63) is 46.3 Å². The minimum atomic E-state index is -1.56. The fourth-order valence-electron chi connectivity index (χ4n) is 4.62. The second kappa shape index (κ2) is 10.9. The van der Waals surface area contributed by atoms with Crippen LogP contribution in [0.3, 0.4) is 0 Å². The maximum Gasteiger partial charge on any atom is 0.457 e. The predicted molar refractivity (Wildman–Crippen MR) is 140 cm³/mol. The molecule has 2 saturated heterocycles. The molecular weight excluding hydrogens is 475 g/mol. The molecule has 2 fully saturated rings. The third kappa shape index (κ3) is 6.77. The summed E-state index contributed by atoms with van der Waals surface area (Å²) in [6, 6.07) is 9.27. The van der Waals surface area contributed by atoms with Crippen molar-refractivity contribution in [2.75, 3.05) is 13.1 Å². The highest BCUT2D eigenvalue weighted by Gasteiger charge is 2.55. The first-order valence-corrected chi connectivity index (χ1v) is 12.8. The van der Waals surface area contributed by atoms with Gasteiger partial charge in [-0.1, -0.05) is 41.9 Å². The number of carbonyl (C=O) groups is 2. The van der Waals surface area contributed by atoms with Crippen molar-refractivity contribution in [3.8, 4) is 0 Å². The van der Waals surface area contributed by atoms with Crippen molar-refractivity contribution in [3.63, 3.8) is 0 Å². The van der Waals surface area contributed by atoms with Gasteiger partial charge in [0.2, 0.25) is 0 Å². The molecule has 1 aromatic carbocycles. The van der Waals surface area contributed by atoms with Crippen LogP contribution < -0.4 is 0 Å². The number of ether oxygens (including phenoxy) is 2. The molecule has 2 aliphatic heterocycles. The summed E-state index contributed by atoms with van der Waals surface area (Å²) in [7, 11) is -0.382. The molecule has 0 N–H and O–H groups in total. The summed E-state index contributed by atoms with van der Waals surface area (Å²) in [5, 5.41) is 3.97. The first-order valence-electron chi connectivity index (χ1n) is 12.8. The molecule has 10 nitrogen and oxygen atoms in total. The fourth-order valence-corrected chi connectivity index (χ4v) is 4.62. The van der Waals surface area contributed by atoms with E-state index in [0.29, 0.717) is 19.2 Å². The Hall–Kier alpha value is -2.75. The van der Waals surface area contributed by atoms with Gasteiger partial charge in [-0.25, -0.2) is 4.79 Å². The smallest absolute Gasteiger partial charge is 0.457 e. The molecule has 0 aromatic heterocycles. The van der Waals surface area contributed by atoms with Crippen LogP contribution in [0.25, 0.3) is 10.4 Å². The van der Waals surface area contributed by atoms with Crippen LogP contribution >= 0.6 is 0 Å². The molecule has 2 aliphatic rings. The summed E-state index contributed by atoms with van der Waals surface area (Å²) in [5.74, 6) is -1.11. The van der Waals surface area contributed by atoms with E-state index in [1.165, 1.54) is 4.90 Å². The Morgan fingerprint density at radius 3 is 2.35 bits per heavy atom. The Labute approximate surface area is 219 Å². The number of carbonyl (C=O) groups excluding carboxylic acids is 2. The topological polar surface area (TPSA) is 123 Å². The molecular formula is C26H39BN4O6. The third-order valence-corrected chi connectivity index (χ3v) is 7.28. The predicted octanol–water partition coefficient (Wildman–Crippen LogP) is 5.52. The Bertz CT molecular complexity index is 1010. The van der Waals surface area contributed by atoms with Gasteiger partial charge in [0.25, 0.3) is 0 Å². The molecule has 1 amide bonds. The normalized spacial score (nSPS) is 24.5. The molecule has 3 rings (SSSR count).